The summed E-state index contributed by atoms with van der Waals surface area (Å²) < 4.78 is 13.6. The highest BCUT2D eigenvalue weighted by Crippen LogP contribution is 2.35. The van der Waals surface area contributed by atoms with Gasteiger partial charge in [-0.15, -0.1) is 11.8 Å². The van der Waals surface area contributed by atoms with Gasteiger partial charge in [0.2, 0.25) is 0 Å². The van der Waals surface area contributed by atoms with E-state index in [1.807, 2.05) is 0 Å². The monoisotopic (exact) mass is 245 g/mol. The van der Waals surface area contributed by atoms with Crippen molar-refractivity contribution in [2.24, 2.45) is 0 Å². The Kier molecular flexibility index (Phi) is 3.54. The molecule has 1 aliphatic rings. The van der Waals surface area contributed by atoms with Gasteiger partial charge in [-0.3, -0.25) is 0 Å². The molecule has 1 saturated heterocycles. The highest BCUT2D eigenvalue weighted by Gasteiger charge is 2.22. The van der Waals surface area contributed by atoms with Gasteiger partial charge in [0.1, 0.15) is 5.82 Å². The van der Waals surface area contributed by atoms with E-state index in [1.54, 1.807) is 23.9 Å². The van der Waals surface area contributed by atoms with Crippen molar-refractivity contribution in [3.8, 4) is 0 Å². The molecular weight excluding hydrogens is 233 g/mol. The van der Waals surface area contributed by atoms with Gasteiger partial charge in [0.05, 0.1) is 5.37 Å². The standard InChI is InChI=1S/C11H13ClFNS/c1-7-4-5-14-11(15-7)9-3-2-8(12)6-10(9)13/h2-3,6-7,11,14H,4-5H2,1H3. The Bertz CT molecular complexity index is 358. The molecular formula is C11H13ClFNS. The third-order valence-corrected chi connectivity index (χ3v) is 4.12. The van der Waals surface area contributed by atoms with Crippen LogP contribution in [0.15, 0.2) is 18.2 Å². The van der Waals surface area contributed by atoms with E-state index in [4.69, 9.17) is 11.6 Å². The molecule has 1 nitrogen and oxygen atoms in total. The summed E-state index contributed by atoms with van der Waals surface area (Å²) in [6.07, 6.45) is 1.14. The predicted octanol–water partition coefficient (Wildman–Crippen LogP) is 3.59. The van der Waals surface area contributed by atoms with Crippen LogP contribution in [0, 0.1) is 5.82 Å². The van der Waals surface area contributed by atoms with Crippen LogP contribution in [0.25, 0.3) is 0 Å². The molecule has 1 N–H and O–H groups in total. The lowest BCUT2D eigenvalue weighted by Crippen LogP contribution is -2.29. The predicted molar refractivity (Wildman–Crippen MR) is 63.8 cm³/mol. The third kappa shape index (κ3) is 2.65. The molecule has 15 heavy (non-hydrogen) atoms. The van der Waals surface area contributed by atoms with Crippen LogP contribution >= 0.6 is 23.4 Å². The van der Waals surface area contributed by atoms with Gasteiger partial charge in [-0.05, 0) is 25.1 Å². The van der Waals surface area contributed by atoms with Crippen LogP contribution in [0.2, 0.25) is 5.02 Å². The lowest BCUT2D eigenvalue weighted by molar-refractivity contribution is 0.560. The second-order valence-corrected chi connectivity index (χ2v) is 5.72. The van der Waals surface area contributed by atoms with Gasteiger partial charge in [-0.25, -0.2) is 4.39 Å². The van der Waals surface area contributed by atoms with Crippen LogP contribution in [0.4, 0.5) is 4.39 Å². The summed E-state index contributed by atoms with van der Waals surface area (Å²) in [5.41, 5.74) is 0.705. The molecule has 2 unspecified atom stereocenters. The van der Waals surface area contributed by atoms with Crippen LogP contribution in [0.3, 0.4) is 0 Å². The molecule has 82 valence electrons. The number of nitrogens with one attached hydrogen (secondary N) is 1. The number of hydrogen-bond acceptors (Lipinski definition) is 2. The van der Waals surface area contributed by atoms with Crippen LogP contribution < -0.4 is 5.32 Å². The van der Waals surface area contributed by atoms with E-state index >= 15 is 0 Å². The Morgan fingerprint density at radius 3 is 3.00 bits per heavy atom. The molecule has 2 atom stereocenters. The minimum absolute atomic E-state index is 0.0611. The Balaban J connectivity index is 2.21. The number of hydrogen-bond donors (Lipinski definition) is 1. The molecule has 0 amide bonds. The first-order chi connectivity index (χ1) is 7.16. The van der Waals surface area contributed by atoms with E-state index in [9.17, 15) is 4.39 Å². The molecule has 2 rings (SSSR count). The summed E-state index contributed by atoms with van der Waals surface area (Å²) in [5, 5.41) is 4.39. The average molecular weight is 246 g/mol. The molecule has 0 radical (unpaired) electrons. The first kappa shape index (κ1) is 11.2. The second-order valence-electron chi connectivity index (χ2n) is 3.74. The van der Waals surface area contributed by atoms with Crippen LogP contribution in [-0.4, -0.2) is 11.8 Å². The highest BCUT2D eigenvalue weighted by molar-refractivity contribution is 8.00. The number of benzene rings is 1. The number of rotatable bonds is 1. The molecule has 0 saturated carbocycles. The van der Waals surface area contributed by atoms with Crippen molar-refractivity contribution in [1.82, 2.24) is 5.32 Å². The molecule has 0 spiro atoms. The highest BCUT2D eigenvalue weighted by atomic mass is 35.5. The maximum Gasteiger partial charge on any atom is 0.130 e. The zero-order valence-corrected chi connectivity index (χ0v) is 10.0. The van der Waals surface area contributed by atoms with Crippen LogP contribution in [0.1, 0.15) is 24.3 Å². The molecule has 1 aromatic rings. The number of thioether (sulfide) groups is 1. The van der Waals surface area contributed by atoms with E-state index in [1.165, 1.54) is 6.07 Å². The minimum atomic E-state index is -0.221. The summed E-state index contributed by atoms with van der Waals surface area (Å²) in [6.45, 7) is 3.12. The lowest BCUT2D eigenvalue weighted by Gasteiger charge is -2.28. The van der Waals surface area contributed by atoms with Gasteiger partial charge in [0.25, 0.3) is 0 Å². The summed E-state index contributed by atoms with van der Waals surface area (Å²) in [6, 6.07) is 4.88. The van der Waals surface area contributed by atoms with Gasteiger partial charge >= 0.3 is 0 Å². The van der Waals surface area contributed by atoms with Gasteiger partial charge < -0.3 is 5.32 Å². The van der Waals surface area contributed by atoms with Crippen LogP contribution in [0.5, 0.6) is 0 Å². The molecule has 1 aromatic carbocycles. The molecule has 4 heteroatoms. The van der Waals surface area contributed by atoms with Crippen molar-refractivity contribution >= 4 is 23.4 Å². The molecule has 1 aliphatic heterocycles. The van der Waals surface area contributed by atoms with E-state index in [2.05, 4.69) is 12.2 Å². The van der Waals surface area contributed by atoms with Crippen molar-refractivity contribution < 1.29 is 4.39 Å². The Morgan fingerprint density at radius 2 is 2.33 bits per heavy atom. The smallest absolute Gasteiger partial charge is 0.130 e. The second kappa shape index (κ2) is 4.73. The van der Waals surface area contributed by atoms with Crippen molar-refractivity contribution in [3.63, 3.8) is 0 Å². The Morgan fingerprint density at radius 1 is 1.53 bits per heavy atom. The van der Waals surface area contributed by atoms with E-state index in [0.717, 1.165) is 13.0 Å². The zero-order chi connectivity index (χ0) is 10.8. The molecule has 0 aromatic heterocycles. The Labute approximate surface area is 98.4 Å². The first-order valence-corrected chi connectivity index (χ1v) is 6.32. The van der Waals surface area contributed by atoms with E-state index in [-0.39, 0.29) is 11.2 Å². The SMILES string of the molecule is CC1CCNC(c2ccc(Cl)cc2F)S1. The zero-order valence-electron chi connectivity index (χ0n) is 8.47. The number of halogens is 2. The van der Waals surface area contributed by atoms with Gasteiger partial charge in [-0.2, -0.15) is 0 Å². The summed E-state index contributed by atoms with van der Waals surface area (Å²) in [5.74, 6) is -0.221. The fourth-order valence-electron chi connectivity index (χ4n) is 1.66. The van der Waals surface area contributed by atoms with E-state index < -0.39 is 0 Å². The fraction of sp³-hybridized carbons (Fsp3) is 0.455. The maximum atomic E-state index is 13.6. The van der Waals surface area contributed by atoms with Crippen molar-refractivity contribution in [3.05, 3.63) is 34.6 Å². The van der Waals surface area contributed by atoms with Gasteiger partial charge in [-0.1, -0.05) is 24.6 Å². The minimum Gasteiger partial charge on any atom is -0.302 e. The van der Waals surface area contributed by atoms with Crippen molar-refractivity contribution in [2.45, 2.75) is 24.0 Å². The normalized spacial score (nSPS) is 26.6. The quantitative estimate of drug-likeness (QED) is 0.812. The topological polar surface area (TPSA) is 12.0 Å². The summed E-state index contributed by atoms with van der Waals surface area (Å²) in [7, 11) is 0. The van der Waals surface area contributed by atoms with Gasteiger partial charge in [0.15, 0.2) is 0 Å². The lowest BCUT2D eigenvalue weighted by atomic mass is 10.2. The van der Waals surface area contributed by atoms with Crippen molar-refractivity contribution in [1.29, 1.82) is 0 Å². The van der Waals surface area contributed by atoms with Crippen molar-refractivity contribution in [2.75, 3.05) is 6.54 Å². The van der Waals surface area contributed by atoms with Gasteiger partial charge in [0, 0.05) is 15.8 Å². The fourth-order valence-corrected chi connectivity index (χ4v) is 3.09. The largest absolute Gasteiger partial charge is 0.302 e. The summed E-state index contributed by atoms with van der Waals surface area (Å²) in [4.78, 5) is 0. The first-order valence-electron chi connectivity index (χ1n) is 5.00. The Hall–Kier alpha value is -0.250. The molecule has 0 bridgehead atoms. The van der Waals surface area contributed by atoms with E-state index in [0.29, 0.717) is 15.8 Å². The third-order valence-electron chi connectivity index (χ3n) is 2.49. The maximum absolute atomic E-state index is 13.6. The molecule has 1 heterocycles. The summed E-state index contributed by atoms with van der Waals surface area (Å²) >= 11 is 7.48. The average Bonchev–Trinajstić information content (AvgIpc) is 2.17. The van der Waals surface area contributed by atoms with Crippen LogP contribution in [-0.2, 0) is 0 Å². The molecule has 0 aliphatic carbocycles. The molecule has 1 fully saturated rings.